The maximum absolute atomic E-state index is 12.5. The van der Waals surface area contributed by atoms with Crippen LogP contribution in [0.4, 0.5) is 0 Å². The molecule has 9 heteroatoms. The number of nitrogens with zero attached hydrogens (tertiary/aromatic N) is 5. The largest absolute Gasteiger partial charge is 0.340 e. The Hall–Kier alpha value is -2.52. The number of thiazole rings is 1. The van der Waals surface area contributed by atoms with Crippen LogP contribution in [0.3, 0.4) is 0 Å². The van der Waals surface area contributed by atoms with E-state index in [1.807, 2.05) is 31.5 Å². The molecule has 4 aromatic rings. The fourth-order valence-electron chi connectivity index (χ4n) is 2.88. The highest BCUT2D eigenvalue weighted by molar-refractivity contribution is 7.17. The quantitative estimate of drug-likeness (QED) is 0.492. The number of aryl methyl sites for hydroxylation is 3. The van der Waals surface area contributed by atoms with Crippen LogP contribution in [0.25, 0.3) is 15.7 Å². The van der Waals surface area contributed by atoms with Crippen molar-refractivity contribution in [3.05, 3.63) is 45.9 Å². The van der Waals surface area contributed by atoms with Crippen LogP contribution in [0.5, 0.6) is 0 Å². The standard InChI is InChI=1S/C18H19N5O2S2/c1-11-9-23-13(12(2)19-18(23)27-11)10-22(3)16(24)7-6-15-20-17(21-25-15)14-5-4-8-26-14/h4-5,8-9H,6-7,10H2,1-3H3. The topological polar surface area (TPSA) is 76.5 Å². The highest BCUT2D eigenvalue weighted by atomic mass is 32.1. The fourth-order valence-corrected chi connectivity index (χ4v) is 4.42. The summed E-state index contributed by atoms with van der Waals surface area (Å²) in [5.74, 6) is 1.09. The summed E-state index contributed by atoms with van der Waals surface area (Å²) < 4.78 is 7.34. The summed E-state index contributed by atoms with van der Waals surface area (Å²) in [6.07, 6.45) is 2.82. The molecule has 0 fully saturated rings. The Morgan fingerprint density at radius 2 is 2.19 bits per heavy atom. The first-order valence-corrected chi connectivity index (χ1v) is 10.3. The van der Waals surface area contributed by atoms with E-state index in [0.717, 1.165) is 21.2 Å². The Kier molecular flexibility index (Phi) is 4.79. The monoisotopic (exact) mass is 401 g/mol. The first-order chi connectivity index (χ1) is 13.0. The Morgan fingerprint density at radius 1 is 1.33 bits per heavy atom. The average molecular weight is 402 g/mol. The molecule has 0 aliphatic carbocycles. The molecule has 0 aliphatic heterocycles. The van der Waals surface area contributed by atoms with Crippen LogP contribution in [0.15, 0.2) is 28.2 Å². The molecule has 0 spiro atoms. The van der Waals surface area contributed by atoms with Gasteiger partial charge in [0, 0.05) is 31.0 Å². The summed E-state index contributed by atoms with van der Waals surface area (Å²) in [7, 11) is 1.81. The molecular formula is C18H19N5O2S2. The number of thiophene rings is 1. The van der Waals surface area contributed by atoms with Crippen molar-refractivity contribution < 1.29 is 9.32 Å². The van der Waals surface area contributed by atoms with Crippen molar-refractivity contribution in [2.45, 2.75) is 33.2 Å². The molecule has 0 aliphatic rings. The van der Waals surface area contributed by atoms with E-state index in [4.69, 9.17) is 4.52 Å². The molecule has 0 N–H and O–H groups in total. The number of carbonyl (C=O) groups excluding carboxylic acids is 1. The lowest BCUT2D eigenvalue weighted by Gasteiger charge is -2.16. The molecule has 4 aromatic heterocycles. The van der Waals surface area contributed by atoms with Gasteiger partial charge in [0.2, 0.25) is 17.6 Å². The molecule has 0 bridgehead atoms. The van der Waals surface area contributed by atoms with E-state index < -0.39 is 0 Å². The van der Waals surface area contributed by atoms with Crippen molar-refractivity contribution in [2.24, 2.45) is 0 Å². The third-order valence-electron chi connectivity index (χ3n) is 4.32. The number of fused-ring (bicyclic) bond motifs is 1. The van der Waals surface area contributed by atoms with Crippen molar-refractivity contribution >= 4 is 33.5 Å². The van der Waals surface area contributed by atoms with Crippen molar-refractivity contribution in [3.63, 3.8) is 0 Å². The minimum absolute atomic E-state index is 0.0344. The van der Waals surface area contributed by atoms with E-state index in [0.29, 0.717) is 31.1 Å². The number of hydrogen-bond donors (Lipinski definition) is 0. The van der Waals surface area contributed by atoms with E-state index in [-0.39, 0.29) is 5.91 Å². The van der Waals surface area contributed by atoms with Gasteiger partial charge >= 0.3 is 0 Å². The smallest absolute Gasteiger partial charge is 0.227 e. The summed E-state index contributed by atoms with van der Waals surface area (Å²) in [5, 5.41) is 5.95. The number of carbonyl (C=O) groups is 1. The second-order valence-corrected chi connectivity index (χ2v) is 8.54. The summed E-state index contributed by atoms with van der Waals surface area (Å²) in [4.78, 5) is 26.3. The average Bonchev–Trinajstić information content (AvgIpc) is 3.39. The summed E-state index contributed by atoms with van der Waals surface area (Å²) >= 11 is 3.21. The zero-order valence-corrected chi connectivity index (χ0v) is 16.9. The van der Waals surface area contributed by atoms with E-state index in [9.17, 15) is 4.79 Å². The van der Waals surface area contributed by atoms with Crippen molar-refractivity contribution in [3.8, 4) is 10.7 Å². The number of imidazole rings is 1. The van der Waals surface area contributed by atoms with Crippen LogP contribution in [-0.2, 0) is 17.8 Å². The van der Waals surface area contributed by atoms with E-state index in [1.165, 1.54) is 4.88 Å². The number of hydrogen-bond acceptors (Lipinski definition) is 7. The van der Waals surface area contributed by atoms with Crippen LogP contribution in [0, 0.1) is 13.8 Å². The van der Waals surface area contributed by atoms with Gasteiger partial charge < -0.3 is 9.42 Å². The van der Waals surface area contributed by atoms with Crippen LogP contribution in [0.1, 0.15) is 28.6 Å². The minimum atomic E-state index is 0.0344. The third-order valence-corrected chi connectivity index (χ3v) is 6.08. The summed E-state index contributed by atoms with van der Waals surface area (Å²) in [5.41, 5.74) is 2.00. The molecule has 4 heterocycles. The zero-order chi connectivity index (χ0) is 19.0. The number of rotatable bonds is 6. The Morgan fingerprint density at radius 3 is 2.96 bits per heavy atom. The maximum atomic E-state index is 12.5. The van der Waals surface area contributed by atoms with Crippen LogP contribution in [0.2, 0.25) is 0 Å². The lowest BCUT2D eigenvalue weighted by molar-refractivity contribution is -0.130. The Labute approximate surface area is 164 Å². The molecule has 0 aromatic carbocycles. The first kappa shape index (κ1) is 17.9. The van der Waals surface area contributed by atoms with Gasteiger partial charge in [-0.2, -0.15) is 4.98 Å². The predicted molar refractivity (Wildman–Crippen MR) is 105 cm³/mol. The highest BCUT2D eigenvalue weighted by Gasteiger charge is 2.17. The minimum Gasteiger partial charge on any atom is -0.340 e. The number of amides is 1. The third kappa shape index (κ3) is 3.65. The van der Waals surface area contributed by atoms with Gasteiger partial charge in [-0.3, -0.25) is 9.20 Å². The number of aromatic nitrogens is 4. The molecule has 0 saturated carbocycles. The van der Waals surface area contributed by atoms with Crippen molar-refractivity contribution in [1.82, 2.24) is 24.4 Å². The molecule has 4 rings (SSSR count). The summed E-state index contributed by atoms with van der Waals surface area (Å²) in [6.45, 7) is 4.56. The lowest BCUT2D eigenvalue weighted by atomic mass is 10.2. The molecule has 0 radical (unpaired) electrons. The Bertz CT molecular complexity index is 1080. The van der Waals surface area contributed by atoms with Crippen LogP contribution >= 0.6 is 22.7 Å². The van der Waals surface area contributed by atoms with E-state index in [2.05, 4.69) is 32.6 Å². The van der Waals surface area contributed by atoms with Gasteiger partial charge in [-0.1, -0.05) is 11.2 Å². The molecule has 7 nitrogen and oxygen atoms in total. The first-order valence-electron chi connectivity index (χ1n) is 8.55. The van der Waals surface area contributed by atoms with Gasteiger partial charge in [0.15, 0.2) is 4.96 Å². The molecule has 0 unspecified atom stereocenters. The maximum Gasteiger partial charge on any atom is 0.227 e. The SMILES string of the molecule is Cc1cn2c(CN(C)C(=O)CCc3nc(-c4cccs4)no3)c(C)nc2s1. The highest BCUT2D eigenvalue weighted by Crippen LogP contribution is 2.23. The van der Waals surface area contributed by atoms with E-state index in [1.54, 1.807) is 27.6 Å². The molecule has 27 heavy (non-hydrogen) atoms. The van der Waals surface area contributed by atoms with E-state index >= 15 is 0 Å². The Balaban J connectivity index is 1.38. The van der Waals surface area contributed by atoms with Gasteiger partial charge in [0.05, 0.1) is 22.8 Å². The lowest BCUT2D eigenvalue weighted by Crippen LogP contribution is -2.27. The molecule has 140 valence electrons. The van der Waals surface area contributed by atoms with Gasteiger partial charge in [-0.05, 0) is 25.3 Å². The normalized spacial score (nSPS) is 11.4. The predicted octanol–water partition coefficient (Wildman–Crippen LogP) is 3.72. The molecule has 0 saturated heterocycles. The second-order valence-electron chi connectivity index (χ2n) is 6.38. The van der Waals surface area contributed by atoms with Crippen LogP contribution in [-0.4, -0.2) is 37.4 Å². The fraction of sp³-hybridized carbons (Fsp3) is 0.333. The van der Waals surface area contributed by atoms with Crippen LogP contribution < -0.4 is 0 Å². The van der Waals surface area contributed by atoms with Gasteiger partial charge in [0.1, 0.15) is 0 Å². The molecular weight excluding hydrogens is 382 g/mol. The second kappa shape index (κ2) is 7.24. The van der Waals surface area contributed by atoms with Gasteiger partial charge in [-0.25, -0.2) is 4.98 Å². The zero-order valence-electron chi connectivity index (χ0n) is 15.3. The summed E-state index contributed by atoms with van der Waals surface area (Å²) in [6, 6.07) is 3.89. The van der Waals surface area contributed by atoms with Crippen molar-refractivity contribution in [1.29, 1.82) is 0 Å². The molecule has 0 atom stereocenters. The van der Waals surface area contributed by atoms with Gasteiger partial charge in [-0.15, -0.1) is 22.7 Å². The molecule has 1 amide bonds. The van der Waals surface area contributed by atoms with Gasteiger partial charge in [0.25, 0.3) is 0 Å². The van der Waals surface area contributed by atoms with Crippen molar-refractivity contribution in [2.75, 3.05) is 7.05 Å².